The highest BCUT2D eigenvalue weighted by molar-refractivity contribution is 7.99. The third kappa shape index (κ3) is 7.35. The van der Waals surface area contributed by atoms with Gasteiger partial charge in [0.2, 0.25) is 0 Å². The fraction of sp³-hybridized carbons (Fsp3) is 1.00. The van der Waals surface area contributed by atoms with Crippen LogP contribution in [-0.2, 0) is 9.47 Å². The second-order valence-corrected chi connectivity index (χ2v) is 4.59. The molecule has 0 aromatic carbocycles. The van der Waals surface area contributed by atoms with Gasteiger partial charge < -0.3 is 9.47 Å². The van der Waals surface area contributed by atoms with Crippen LogP contribution in [0, 0.1) is 0 Å². The van der Waals surface area contributed by atoms with Gasteiger partial charge in [-0.2, -0.15) is 11.8 Å². The van der Waals surface area contributed by atoms with Crippen LogP contribution in [0.1, 0.15) is 25.7 Å². The van der Waals surface area contributed by atoms with Gasteiger partial charge in [-0.3, -0.25) is 0 Å². The van der Waals surface area contributed by atoms with Crippen molar-refractivity contribution in [3.63, 3.8) is 0 Å². The molecular weight excluding hydrogens is 184 g/mol. The molecule has 0 aromatic heterocycles. The van der Waals surface area contributed by atoms with Gasteiger partial charge in [-0.25, -0.2) is 0 Å². The third-order valence-corrected chi connectivity index (χ3v) is 3.28. The van der Waals surface area contributed by atoms with E-state index in [0.717, 1.165) is 13.2 Å². The van der Waals surface area contributed by atoms with Crippen molar-refractivity contribution >= 4 is 11.8 Å². The Hall–Kier alpha value is 0.270. The summed E-state index contributed by atoms with van der Waals surface area (Å²) < 4.78 is 10.1. The molecule has 0 aromatic rings. The van der Waals surface area contributed by atoms with Gasteiger partial charge in [0.25, 0.3) is 0 Å². The van der Waals surface area contributed by atoms with E-state index in [1.807, 2.05) is 11.8 Å². The molecule has 1 unspecified atom stereocenters. The summed E-state index contributed by atoms with van der Waals surface area (Å²) in [6.45, 7) is 1.92. The highest BCUT2D eigenvalue weighted by Gasteiger charge is 2.21. The summed E-state index contributed by atoms with van der Waals surface area (Å²) in [7, 11) is 1.77. The lowest BCUT2D eigenvalue weighted by Gasteiger charge is -2.00. The van der Waals surface area contributed by atoms with Crippen LogP contribution in [0.25, 0.3) is 0 Å². The zero-order chi connectivity index (χ0) is 9.36. The van der Waals surface area contributed by atoms with E-state index in [0.29, 0.717) is 6.10 Å². The van der Waals surface area contributed by atoms with E-state index in [-0.39, 0.29) is 0 Å². The SMILES string of the molecule is COCCCCCCSCC1CO1. The zero-order valence-electron chi connectivity index (χ0n) is 8.46. The first-order valence-corrected chi connectivity index (χ1v) is 6.27. The molecule has 1 aliphatic rings. The predicted molar refractivity (Wildman–Crippen MR) is 57.4 cm³/mol. The molecular formula is C10H20O2S. The quantitative estimate of drug-likeness (QED) is 0.425. The number of methoxy groups -OCH3 is 1. The van der Waals surface area contributed by atoms with Gasteiger partial charge in [-0.05, 0) is 18.6 Å². The first-order chi connectivity index (χ1) is 6.43. The van der Waals surface area contributed by atoms with Crippen LogP contribution in [0.5, 0.6) is 0 Å². The van der Waals surface area contributed by atoms with Crippen molar-refractivity contribution < 1.29 is 9.47 Å². The minimum absolute atomic E-state index is 0.596. The number of ether oxygens (including phenoxy) is 2. The monoisotopic (exact) mass is 204 g/mol. The molecule has 0 amide bonds. The van der Waals surface area contributed by atoms with E-state index in [9.17, 15) is 0 Å². The lowest BCUT2D eigenvalue weighted by atomic mass is 10.2. The molecule has 1 fully saturated rings. The van der Waals surface area contributed by atoms with E-state index in [1.54, 1.807) is 7.11 Å². The highest BCUT2D eigenvalue weighted by atomic mass is 32.2. The first kappa shape index (κ1) is 11.3. The standard InChI is InChI=1S/C10H20O2S/c1-11-6-4-2-3-5-7-13-9-10-8-12-10/h10H,2-9H2,1H3. The average molecular weight is 204 g/mol. The summed E-state index contributed by atoms with van der Waals surface area (Å²) in [6, 6.07) is 0. The maximum atomic E-state index is 5.13. The fourth-order valence-electron chi connectivity index (χ4n) is 1.18. The van der Waals surface area contributed by atoms with Crippen LogP contribution < -0.4 is 0 Å². The average Bonchev–Trinajstić information content (AvgIpc) is 2.93. The van der Waals surface area contributed by atoms with E-state index in [2.05, 4.69) is 0 Å². The molecule has 3 heteroatoms. The van der Waals surface area contributed by atoms with Crippen LogP contribution in [0.2, 0.25) is 0 Å². The summed E-state index contributed by atoms with van der Waals surface area (Å²) in [5.74, 6) is 2.50. The third-order valence-electron chi connectivity index (χ3n) is 2.09. The fourth-order valence-corrected chi connectivity index (χ4v) is 2.21. The van der Waals surface area contributed by atoms with Gasteiger partial charge in [0.1, 0.15) is 0 Å². The molecule has 0 saturated carbocycles. The predicted octanol–water partition coefficient (Wildman–Crippen LogP) is 2.33. The van der Waals surface area contributed by atoms with Gasteiger partial charge in [0, 0.05) is 19.5 Å². The molecule has 0 N–H and O–H groups in total. The molecule has 13 heavy (non-hydrogen) atoms. The largest absolute Gasteiger partial charge is 0.385 e. The number of hydrogen-bond acceptors (Lipinski definition) is 3. The molecule has 1 rings (SSSR count). The molecule has 1 saturated heterocycles. The number of thioether (sulfide) groups is 1. The second-order valence-electron chi connectivity index (χ2n) is 3.44. The number of rotatable bonds is 9. The van der Waals surface area contributed by atoms with Crippen molar-refractivity contribution in [2.45, 2.75) is 31.8 Å². The molecule has 0 radical (unpaired) electrons. The van der Waals surface area contributed by atoms with Crippen molar-refractivity contribution in [2.75, 3.05) is 31.8 Å². The summed E-state index contributed by atoms with van der Waals surface area (Å²) in [4.78, 5) is 0. The topological polar surface area (TPSA) is 21.8 Å². The molecule has 1 atom stereocenters. The zero-order valence-corrected chi connectivity index (χ0v) is 9.28. The van der Waals surface area contributed by atoms with Crippen LogP contribution in [0.4, 0.5) is 0 Å². The number of hydrogen-bond donors (Lipinski definition) is 0. The molecule has 0 bridgehead atoms. The van der Waals surface area contributed by atoms with Gasteiger partial charge in [-0.1, -0.05) is 12.8 Å². The van der Waals surface area contributed by atoms with Crippen molar-refractivity contribution in [1.29, 1.82) is 0 Å². The summed E-state index contributed by atoms with van der Waals surface area (Å²) in [5, 5.41) is 0. The Morgan fingerprint density at radius 1 is 1.31 bits per heavy atom. The minimum atomic E-state index is 0.596. The first-order valence-electron chi connectivity index (χ1n) is 5.12. The Kier molecular flexibility index (Phi) is 6.68. The van der Waals surface area contributed by atoms with E-state index >= 15 is 0 Å². The summed E-state index contributed by atoms with van der Waals surface area (Å²) in [6.07, 6.45) is 5.82. The van der Waals surface area contributed by atoms with E-state index in [1.165, 1.54) is 37.2 Å². The summed E-state index contributed by atoms with van der Waals surface area (Å²) >= 11 is 2.03. The molecule has 0 spiro atoms. The lowest BCUT2D eigenvalue weighted by Crippen LogP contribution is -1.92. The molecule has 1 heterocycles. The van der Waals surface area contributed by atoms with Gasteiger partial charge >= 0.3 is 0 Å². The van der Waals surface area contributed by atoms with E-state index in [4.69, 9.17) is 9.47 Å². The smallest absolute Gasteiger partial charge is 0.0900 e. The number of unbranched alkanes of at least 4 members (excludes halogenated alkanes) is 3. The van der Waals surface area contributed by atoms with E-state index < -0.39 is 0 Å². The van der Waals surface area contributed by atoms with Crippen LogP contribution in [0.15, 0.2) is 0 Å². The Morgan fingerprint density at radius 2 is 2.08 bits per heavy atom. The highest BCUT2D eigenvalue weighted by Crippen LogP contribution is 2.17. The van der Waals surface area contributed by atoms with Gasteiger partial charge in [0.15, 0.2) is 0 Å². The van der Waals surface area contributed by atoms with Crippen molar-refractivity contribution in [2.24, 2.45) is 0 Å². The van der Waals surface area contributed by atoms with Gasteiger partial charge in [-0.15, -0.1) is 0 Å². The van der Waals surface area contributed by atoms with Crippen molar-refractivity contribution in [1.82, 2.24) is 0 Å². The van der Waals surface area contributed by atoms with Crippen LogP contribution in [0.3, 0.4) is 0 Å². The van der Waals surface area contributed by atoms with Gasteiger partial charge in [0.05, 0.1) is 12.7 Å². The van der Waals surface area contributed by atoms with Crippen LogP contribution >= 0.6 is 11.8 Å². The molecule has 78 valence electrons. The maximum Gasteiger partial charge on any atom is 0.0900 e. The minimum Gasteiger partial charge on any atom is -0.385 e. The second kappa shape index (κ2) is 7.65. The Labute approximate surface area is 85.4 Å². The molecule has 1 aliphatic heterocycles. The van der Waals surface area contributed by atoms with Crippen molar-refractivity contribution in [3.8, 4) is 0 Å². The summed E-state index contributed by atoms with van der Waals surface area (Å²) in [5.41, 5.74) is 0. The molecule has 0 aliphatic carbocycles. The normalized spacial score (nSPS) is 20.5. The Bertz CT molecular complexity index is 115. The Balaban J connectivity index is 1.63. The Morgan fingerprint density at radius 3 is 2.77 bits per heavy atom. The molecule has 2 nitrogen and oxygen atoms in total. The lowest BCUT2D eigenvalue weighted by molar-refractivity contribution is 0.192. The number of epoxide rings is 1. The maximum absolute atomic E-state index is 5.13. The van der Waals surface area contributed by atoms with Crippen molar-refractivity contribution in [3.05, 3.63) is 0 Å². The van der Waals surface area contributed by atoms with Crippen LogP contribution in [-0.4, -0.2) is 37.9 Å².